The second-order valence-corrected chi connectivity index (χ2v) is 7.94. The average Bonchev–Trinajstić information content (AvgIpc) is 2.84. The maximum atomic E-state index is 12.4. The molecule has 0 saturated heterocycles. The normalized spacial score (nSPS) is 10.5. The molecular formula is C28H30O6. The number of esters is 2. The molecule has 0 saturated carbocycles. The van der Waals surface area contributed by atoms with Crippen molar-refractivity contribution in [3.8, 4) is 23.0 Å². The van der Waals surface area contributed by atoms with Gasteiger partial charge in [-0.25, -0.2) is 9.59 Å². The van der Waals surface area contributed by atoms with E-state index in [2.05, 4.69) is 6.92 Å². The van der Waals surface area contributed by atoms with Crippen molar-refractivity contribution in [2.24, 2.45) is 0 Å². The standard InChI is InChI=1S/C28H30O6/c1-2-3-4-5-6-7-19-32-24-15-11-21(12-16-24)27(30)33-25-17-13-22(14-18-25)28(31)34-26-10-8-9-23(29)20-26/h8-18,20,29H,2-7,19H2,1H3. The van der Waals surface area contributed by atoms with Crippen molar-refractivity contribution < 1.29 is 28.9 Å². The first kappa shape index (κ1) is 24.8. The molecule has 0 heterocycles. The zero-order chi connectivity index (χ0) is 24.2. The fourth-order valence-corrected chi connectivity index (χ4v) is 3.30. The molecular weight excluding hydrogens is 432 g/mol. The van der Waals surface area contributed by atoms with Crippen LogP contribution in [0.15, 0.2) is 72.8 Å². The molecule has 0 amide bonds. The van der Waals surface area contributed by atoms with Crippen molar-refractivity contribution >= 4 is 11.9 Å². The quantitative estimate of drug-likeness (QED) is 0.186. The summed E-state index contributed by atoms with van der Waals surface area (Å²) >= 11 is 0. The van der Waals surface area contributed by atoms with Crippen LogP contribution in [0.1, 0.15) is 66.2 Å². The first-order valence-electron chi connectivity index (χ1n) is 11.6. The molecule has 6 nitrogen and oxygen atoms in total. The Labute approximate surface area is 200 Å². The third-order valence-electron chi connectivity index (χ3n) is 5.19. The van der Waals surface area contributed by atoms with E-state index in [0.29, 0.717) is 17.9 Å². The van der Waals surface area contributed by atoms with Gasteiger partial charge in [0.05, 0.1) is 17.7 Å². The number of rotatable bonds is 12. The molecule has 6 heteroatoms. The lowest BCUT2D eigenvalue weighted by atomic mass is 10.1. The molecule has 3 rings (SSSR count). The maximum absolute atomic E-state index is 12.4. The zero-order valence-electron chi connectivity index (χ0n) is 19.4. The van der Waals surface area contributed by atoms with Gasteiger partial charge in [-0.3, -0.25) is 0 Å². The minimum Gasteiger partial charge on any atom is -0.508 e. The summed E-state index contributed by atoms with van der Waals surface area (Å²) in [6.07, 6.45) is 7.23. The monoisotopic (exact) mass is 462 g/mol. The highest BCUT2D eigenvalue weighted by molar-refractivity contribution is 5.92. The number of phenolic OH excluding ortho intramolecular Hbond substituents is 1. The van der Waals surface area contributed by atoms with Crippen molar-refractivity contribution in [3.63, 3.8) is 0 Å². The van der Waals surface area contributed by atoms with E-state index in [1.54, 1.807) is 36.4 Å². The van der Waals surface area contributed by atoms with Gasteiger partial charge in [0.25, 0.3) is 0 Å². The van der Waals surface area contributed by atoms with Crippen molar-refractivity contribution in [3.05, 3.63) is 83.9 Å². The van der Waals surface area contributed by atoms with Crippen molar-refractivity contribution in [1.82, 2.24) is 0 Å². The molecule has 0 aromatic heterocycles. The van der Waals surface area contributed by atoms with Crippen LogP contribution in [-0.2, 0) is 0 Å². The Hall–Kier alpha value is -3.80. The van der Waals surface area contributed by atoms with E-state index in [9.17, 15) is 14.7 Å². The highest BCUT2D eigenvalue weighted by Gasteiger charge is 2.12. The molecule has 0 radical (unpaired) electrons. The van der Waals surface area contributed by atoms with E-state index in [-0.39, 0.29) is 17.1 Å². The largest absolute Gasteiger partial charge is 0.508 e. The third-order valence-corrected chi connectivity index (χ3v) is 5.19. The Morgan fingerprint density at radius 1 is 0.676 bits per heavy atom. The molecule has 0 atom stereocenters. The molecule has 178 valence electrons. The molecule has 0 fully saturated rings. The van der Waals surface area contributed by atoms with Gasteiger partial charge >= 0.3 is 11.9 Å². The Morgan fingerprint density at radius 2 is 1.24 bits per heavy atom. The van der Waals surface area contributed by atoms with Gasteiger partial charge in [-0.15, -0.1) is 0 Å². The topological polar surface area (TPSA) is 82.1 Å². The predicted octanol–water partition coefficient (Wildman–Crippen LogP) is 6.57. The molecule has 34 heavy (non-hydrogen) atoms. The summed E-state index contributed by atoms with van der Waals surface area (Å²) in [4.78, 5) is 24.7. The highest BCUT2D eigenvalue weighted by atomic mass is 16.5. The summed E-state index contributed by atoms with van der Waals surface area (Å²) in [5, 5.41) is 9.46. The number of benzene rings is 3. The second-order valence-electron chi connectivity index (χ2n) is 7.94. The lowest BCUT2D eigenvalue weighted by Gasteiger charge is -2.08. The molecule has 0 aliphatic rings. The van der Waals surface area contributed by atoms with E-state index in [1.165, 1.54) is 62.1 Å². The summed E-state index contributed by atoms with van der Waals surface area (Å²) in [6.45, 7) is 2.87. The summed E-state index contributed by atoms with van der Waals surface area (Å²) in [7, 11) is 0. The molecule has 0 aliphatic carbocycles. The Bertz CT molecular complexity index is 1060. The predicted molar refractivity (Wildman–Crippen MR) is 130 cm³/mol. The lowest BCUT2D eigenvalue weighted by Crippen LogP contribution is -2.10. The van der Waals surface area contributed by atoms with Gasteiger partial charge in [0.2, 0.25) is 0 Å². The van der Waals surface area contributed by atoms with E-state index < -0.39 is 11.9 Å². The van der Waals surface area contributed by atoms with Crippen LogP contribution in [0.3, 0.4) is 0 Å². The van der Waals surface area contributed by atoms with Crippen molar-refractivity contribution in [1.29, 1.82) is 0 Å². The molecule has 1 N–H and O–H groups in total. The highest BCUT2D eigenvalue weighted by Crippen LogP contribution is 2.21. The SMILES string of the molecule is CCCCCCCCOc1ccc(C(=O)Oc2ccc(C(=O)Oc3cccc(O)c3)cc2)cc1. The number of hydrogen-bond donors (Lipinski definition) is 1. The van der Waals surface area contributed by atoms with Crippen LogP contribution in [0.25, 0.3) is 0 Å². The molecule has 0 unspecified atom stereocenters. The fourth-order valence-electron chi connectivity index (χ4n) is 3.30. The number of carbonyl (C=O) groups excluding carboxylic acids is 2. The Morgan fingerprint density at radius 3 is 1.85 bits per heavy atom. The first-order valence-corrected chi connectivity index (χ1v) is 11.6. The second kappa shape index (κ2) is 13.0. The summed E-state index contributed by atoms with van der Waals surface area (Å²) < 4.78 is 16.4. The number of aromatic hydroxyl groups is 1. The van der Waals surface area contributed by atoms with Gasteiger partial charge in [-0.2, -0.15) is 0 Å². The van der Waals surface area contributed by atoms with Crippen LogP contribution in [0.5, 0.6) is 23.0 Å². The number of unbranched alkanes of at least 4 members (excludes halogenated alkanes) is 5. The first-order chi connectivity index (χ1) is 16.5. The number of ether oxygens (including phenoxy) is 3. The van der Waals surface area contributed by atoms with Gasteiger partial charge in [0.15, 0.2) is 0 Å². The van der Waals surface area contributed by atoms with Crippen LogP contribution in [0, 0.1) is 0 Å². The van der Waals surface area contributed by atoms with Crippen LogP contribution >= 0.6 is 0 Å². The van der Waals surface area contributed by atoms with E-state index in [4.69, 9.17) is 14.2 Å². The average molecular weight is 463 g/mol. The van der Waals surface area contributed by atoms with Gasteiger partial charge in [-0.1, -0.05) is 45.1 Å². The van der Waals surface area contributed by atoms with Gasteiger partial charge < -0.3 is 19.3 Å². The third kappa shape index (κ3) is 7.96. The smallest absolute Gasteiger partial charge is 0.343 e. The van der Waals surface area contributed by atoms with E-state index >= 15 is 0 Å². The number of phenols is 1. The van der Waals surface area contributed by atoms with Crippen molar-refractivity contribution in [2.45, 2.75) is 45.4 Å². The van der Waals surface area contributed by atoms with E-state index in [1.807, 2.05) is 0 Å². The maximum Gasteiger partial charge on any atom is 0.343 e. The summed E-state index contributed by atoms with van der Waals surface area (Å²) in [5.74, 6) is 0.185. The minimum absolute atomic E-state index is 0.00459. The molecule has 3 aromatic carbocycles. The van der Waals surface area contributed by atoms with E-state index in [0.717, 1.165) is 18.6 Å². The van der Waals surface area contributed by atoms with Crippen LogP contribution in [-0.4, -0.2) is 23.7 Å². The lowest BCUT2D eigenvalue weighted by molar-refractivity contribution is 0.0730. The summed E-state index contributed by atoms with van der Waals surface area (Å²) in [6, 6.07) is 18.9. The minimum atomic E-state index is -0.583. The Kier molecular flexibility index (Phi) is 9.52. The number of hydrogen-bond acceptors (Lipinski definition) is 6. The van der Waals surface area contributed by atoms with Crippen molar-refractivity contribution in [2.75, 3.05) is 6.61 Å². The molecule has 0 aliphatic heterocycles. The fraction of sp³-hybridized carbons (Fsp3) is 0.286. The Balaban J connectivity index is 1.45. The van der Waals surface area contributed by atoms with Crippen LogP contribution in [0.4, 0.5) is 0 Å². The summed E-state index contributed by atoms with van der Waals surface area (Å²) in [5.41, 5.74) is 0.689. The van der Waals surface area contributed by atoms with Crippen LogP contribution < -0.4 is 14.2 Å². The zero-order valence-corrected chi connectivity index (χ0v) is 19.4. The van der Waals surface area contributed by atoms with Crippen LogP contribution in [0.2, 0.25) is 0 Å². The van der Waals surface area contributed by atoms with Gasteiger partial charge in [0.1, 0.15) is 23.0 Å². The van der Waals surface area contributed by atoms with Gasteiger partial charge in [-0.05, 0) is 67.1 Å². The molecule has 0 bridgehead atoms. The van der Waals surface area contributed by atoms with Gasteiger partial charge in [0, 0.05) is 6.07 Å². The molecule has 0 spiro atoms. The number of carbonyl (C=O) groups is 2. The molecule has 3 aromatic rings.